The Bertz CT molecular complexity index is 698. The van der Waals surface area contributed by atoms with E-state index in [2.05, 4.69) is 0 Å². The molecule has 0 aromatic rings. The third-order valence-corrected chi connectivity index (χ3v) is 6.49. The predicted octanol–water partition coefficient (Wildman–Crippen LogP) is 3.63. The summed E-state index contributed by atoms with van der Waals surface area (Å²) < 4.78 is 0. The number of carbonyl (C=O) groups is 3. The molecular weight excluding hydrogens is 316 g/mol. The number of aliphatic hydroxyl groups is 1. The Labute approximate surface area is 147 Å². The molecule has 4 heteroatoms. The second kappa shape index (κ2) is 6.40. The van der Waals surface area contributed by atoms with Crippen molar-refractivity contribution >= 4 is 17.3 Å². The van der Waals surface area contributed by atoms with Crippen LogP contribution in [-0.2, 0) is 14.4 Å². The zero-order chi connectivity index (χ0) is 17.6. The molecule has 0 aromatic carbocycles. The summed E-state index contributed by atoms with van der Waals surface area (Å²) in [6.07, 6.45) is 12.2. The zero-order valence-corrected chi connectivity index (χ0v) is 14.4. The van der Waals surface area contributed by atoms with Gasteiger partial charge in [0, 0.05) is 23.7 Å². The summed E-state index contributed by atoms with van der Waals surface area (Å²) in [7, 11) is 0. The molecule has 1 N–H and O–H groups in total. The number of aliphatic hydroxyl groups excluding tert-OH is 1. The fourth-order valence-electron chi connectivity index (χ4n) is 5.15. The van der Waals surface area contributed by atoms with Crippen LogP contribution < -0.4 is 0 Å². The summed E-state index contributed by atoms with van der Waals surface area (Å²) in [4.78, 5) is 37.4. The Balaban J connectivity index is 1.55. The molecule has 132 valence electrons. The second-order valence-corrected chi connectivity index (χ2v) is 7.83. The van der Waals surface area contributed by atoms with Gasteiger partial charge in [-0.2, -0.15) is 0 Å². The molecule has 3 fully saturated rings. The largest absolute Gasteiger partial charge is 0.511 e. The first-order valence-electron chi connectivity index (χ1n) is 9.53. The third kappa shape index (κ3) is 2.62. The van der Waals surface area contributed by atoms with E-state index in [0.29, 0.717) is 5.57 Å². The molecule has 4 atom stereocenters. The van der Waals surface area contributed by atoms with E-state index >= 15 is 0 Å². The number of Topliss-reactive ketones (excluding diaryl/α,β-unsaturated/α-hetero) is 3. The second-order valence-electron chi connectivity index (χ2n) is 7.83. The fraction of sp³-hybridized carbons (Fsp3) is 0.571. The van der Waals surface area contributed by atoms with Gasteiger partial charge in [-0.15, -0.1) is 0 Å². The highest BCUT2D eigenvalue weighted by atomic mass is 16.3. The van der Waals surface area contributed by atoms with E-state index in [-0.39, 0.29) is 52.4 Å². The molecule has 0 spiro atoms. The summed E-state index contributed by atoms with van der Waals surface area (Å²) in [6, 6.07) is 0. The summed E-state index contributed by atoms with van der Waals surface area (Å²) in [5.41, 5.74) is 0.639. The minimum absolute atomic E-state index is 0.00888. The monoisotopic (exact) mass is 340 g/mol. The summed E-state index contributed by atoms with van der Waals surface area (Å²) in [5.74, 6) is -0.261. The van der Waals surface area contributed by atoms with E-state index in [1.54, 1.807) is 18.2 Å². The minimum atomic E-state index is -0.135. The van der Waals surface area contributed by atoms with Crippen LogP contribution in [0.1, 0.15) is 51.4 Å². The van der Waals surface area contributed by atoms with Crippen LogP contribution in [0.4, 0.5) is 0 Å². The molecule has 0 aliphatic heterocycles. The van der Waals surface area contributed by atoms with Crippen LogP contribution in [0.2, 0.25) is 0 Å². The van der Waals surface area contributed by atoms with Gasteiger partial charge in [-0.25, -0.2) is 0 Å². The van der Waals surface area contributed by atoms with Gasteiger partial charge in [-0.1, -0.05) is 31.8 Å². The molecule has 4 rings (SSSR count). The maximum Gasteiger partial charge on any atom is 0.170 e. The van der Waals surface area contributed by atoms with E-state index in [0.717, 1.165) is 51.4 Å². The van der Waals surface area contributed by atoms with Gasteiger partial charge in [-0.3, -0.25) is 14.4 Å². The molecule has 0 saturated heterocycles. The van der Waals surface area contributed by atoms with Crippen molar-refractivity contribution in [2.24, 2.45) is 23.7 Å². The average Bonchev–Trinajstić information content (AvgIpc) is 3.03. The number of allylic oxidation sites excluding steroid dienone is 6. The van der Waals surface area contributed by atoms with Crippen LogP contribution in [0.5, 0.6) is 0 Å². The number of fused-ring (bicyclic) bond motifs is 2. The number of carbonyl (C=O) groups excluding carboxylic acids is 3. The van der Waals surface area contributed by atoms with E-state index in [9.17, 15) is 19.5 Å². The lowest BCUT2D eigenvalue weighted by Crippen LogP contribution is -2.21. The normalized spacial score (nSPS) is 35.5. The Kier molecular flexibility index (Phi) is 4.22. The van der Waals surface area contributed by atoms with E-state index < -0.39 is 0 Å². The standard InChI is InChI=1S/C21H24O4/c22-18-12-6-1-2-7-13(12)19(23)16(18)10-5-11-17-20(24)14-8-3-4-9-15(14)21(17)25/h5,10-15,22H,1-4,6-9H2. The quantitative estimate of drug-likeness (QED) is 0.615. The van der Waals surface area contributed by atoms with Gasteiger partial charge < -0.3 is 5.11 Å². The molecule has 0 amide bonds. The van der Waals surface area contributed by atoms with Crippen molar-refractivity contribution < 1.29 is 19.5 Å². The summed E-state index contributed by atoms with van der Waals surface area (Å²) >= 11 is 0. The van der Waals surface area contributed by atoms with Crippen molar-refractivity contribution in [3.05, 3.63) is 35.1 Å². The lowest BCUT2D eigenvalue weighted by molar-refractivity contribution is -0.120. The van der Waals surface area contributed by atoms with Crippen LogP contribution >= 0.6 is 0 Å². The van der Waals surface area contributed by atoms with Crippen molar-refractivity contribution in [1.29, 1.82) is 0 Å². The van der Waals surface area contributed by atoms with E-state index in [1.165, 1.54) is 0 Å². The Morgan fingerprint density at radius 2 is 1.20 bits per heavy atom. The molecule has 0 aromatic heterocycles. The number of hydrogen-bond donors (Lipinski definition) is 1. The molecule has 0 radical (unpaired) electrons. The van der Waals surface area contributed by atoms with Crippen LogP contribution in [0, 0.1) is 23.7 Å². The highest BCUT2D eigenvalue weighted by molar-refractivity contribution is 6.27. The lowest BCUT2D eigenvalue weighted by Gasteiger charge is -2.23. The Morgan fingerprint density at radius 3 is 1.72 bits per heavy atom. The van der Waals surface area contributed by atoms with Crippen LogP contribution in [0.3, 0.4) is 0 Å². The lowest BCUT2D eigenvalue weighted by atomic mass is 9.80. The average molecular weight is 340 g/mol. The zero-order valence-electron chi connectivity index (χ0n) is 14.4. The molecule has 4 aliphatic carbocycles. The third-order valence-electron chi connectivity index (χ3n) is 6.49. The van der Waals surface area contributed by atoms with Crippen LogP contribution in [0.25, 0.3) is 0 Å². The molecule has 0 heterocycles. The highest BCUT2D eigenvalue weighted by Gasteiger charge is 2.46. The van der Waals surface area contributed by atoms with Crippen molar-refractivity contribution in [1.82, 2.24) is 0 Å². The minimum Gasteiger partial charge on any atom is -0.511 e. The Hall–Kier alpha value is -1.97. The van der Waals surface area contributed by atoms with Gasteiger partial charge in [0.1, 0.15) is 5.76 Å². The molecule has 25 heavy (non-hydrogen) atoms. The van der Waals surface area contributed by atoms with Gasteiger partial charge in [-0.05, 0) is 37.8 Å². The van der Waals surface area contributed by atoms with E-state index in [1.807, 2.05) is 0 Å². The molecular formula is C21H24O4. The SMILES string of the molecule is O=C1C(=CC=CC2=C(O)C3CCCCC3C2=O)C(=O)C2CCCCC12. The van der Waals surface area contributed by atoms with Gasteiger partial charge in [0.05, 0.1) is 11.1 Å². The number of ketones is 3. The van der Waals surface area contributed by atoms with Crippen molar-refractivity contribution in [2.75, 3.05) is 0 Å². The first-order valence-corrected chi connectivity index (χ1v) is 9.53. The Morgan fingerprint density at radius 1 is 0.720 bits per heavy atom. The molecule has 4 unspecified atom stereocenters. The maximum absolute atomic E-state index is 12.5. The summed E-state index contributed by atoms with van der Waals surface area (Å²) in [5, 5.41) is 10.4. The maximum atomic E-state index is 12.5. The van der Waals surface area contributed by atoms with Crippen LogP contribution in [-0.4, -0.2) is 22.5 Å². The van der Waals surface area contributed by atoms with Gasteiger partial charge in [0.25, 0.3) is 0 Å². The van der Waals surface area contributed by atoms with E-state index in [4.69, 9.17) is 0 Å². The topological polar surface area (TPSA) is 71.4 Å². The highest BCUT2D eigenvalue weighted by Crippen LogP contribution is 2.43. The molecule has 4 nitrogen and oxygen atoms in total. The molecule has 4 aliphatic rings. The van der Waals surface area contributed by atoms with Crippen molar-refractivity contribution in [3.63, 3.8) is 0 Å². The van der Waals surface area contributed by atoms with Gasteiger partial charge >= 0.3 is 0 Å². The molecule has 3 saturated carbocycles. The first-order chi connectivity index (χ1) is 12.1. The predicted molar refractivity (Wildman–Crippen MR) is 92.8 cm³/mol. The summed E-state index contributed by atoms with van der Waals surface area (Å²) in [6.45, 7) is 0. The van der Waals surface area contributed by atoms with Crippen molar-refractivity contribution in [2.45, 2.75) is 51.4 Å². The number of hydrogen-bond acceptors (Lipinski definition) is 4. The number of rotatable bonds is 2. The molecule has 0 bridgehead atoms. The van der Waals surface area contributed by atoms with Crippen molar-refractivity contribution in [3.8, 4) is 0 Å². The van der Waals surface area contributed by atoms with Gasteiger partial charge in [0.15, 0.2) is 17.3 Å². The first kappa shape index (κ1) is 16.5. The smallest absolute Gasteiger partial charge is 0.170 e. The fourth-order valence-corrected chi connectivity index (χ4v) is 5.15. The van der Waals surface area contributed by atoms with Crippen LogP contribution in [0.15, 0.2) is 35.1 Å². The van der Waals surface area contributed by atoms with Gasteiger partial charge in [0.2, 0.25) is 0 Å².